The number of hydrogen-bond acceptors (Lipinski definition) is 5. The fourth-order valence-electron chi connectivity index (χ4n) is 2.99. The zero-order chi connectivity index (χ0) is 20.8. The lowest BCUT2D eigenvalue weighted by molar-refractivity contribution is 0.0964. The molecule has 28 heavy (non-hydrogen) atoms. The fraction of sp³-hybridized carbons (Fsp3) is 0.263. The number of furan rings is 1. The standard InChI is InChI=1S/C19H20BrN3O4S/c1-10-6-7-12(11(2)22-10)18-17(19(24)21-3)13-8-14(20)15(9-16(13)27-18)23(4)28(5,25)26/h6-9H,1-5H3,(H,21,24). The number of hydrogen-bond donors (Lipinski definition) is 1. The Morgan fingerprint density at radius 2 is 1.93 bits per heavy atom. The largest absolute Gasteiger partial charge is 0.455 e. The van der Waals surface area contributed by atoms with Crippen LogP contribution in [0.1, 0.15) is 21.7 Å². The van der Waals surface area contributed by atoms with Gasteiger partial charge in [-0.05, 0) is 48.0 Å². The number of nitrogens with one attached hydrogen (secondary N) is 1. The molecule has 0 unspecified atom stereocenters. The van der Waals surface area contributed by atoms with Gasteiger partial charge in [0, 0.05) is 47.0 Å². The first-order valence-corrected chi connectivity index (χ1v) is 11.1. The van der Waals surface area contributed by atoms with Crippen LogP contribution in [0.25, 0.3) is 22.3 Å². The van der Waals surface area contributed by atoms with E-state index in [2.05, 4.69) is 26.2 Å². The Balaban J connectivity index is 2.34. The van der Waals surface area contributed by atoms with Crippen molar-refractivity contribution in [2.75, 3.05) is 24.7 Å². The van der Waals surface area contributed by atoms with E-state index < -0.39 is 10.0 Å². The van der Waals surface area contributed by atoms with Crippen LogP contribution in [0.2, 0.25) is 0 Å². The van der Waals surface area contributed by atoms with Gasteiger partial charge in [-0.1, -0.05) is 0 Å². The predicted molar refractivity (Wildman–Crippen MR) is 113 cm³/mol. The summed E-state index contributed by atoms with van der Waals surface area (Å²) in [5.74, 6) is 0.0928. The number of carbonyl (C=O) groups excluding carboxylic acids is 1. The smallest absolute Gasteiger partial charge is 0.255 e. The number of rotatable bonds is 4. The van der Waals surface area contributed by atoms with E-state index in [1.54, 1.807) is 19.2 Å². The SMILES string of the molecule is CNC(=O)c1c(-c2ccc(C)nc2C)oc2cc(N(C)S(C)(=O)=O)c(Br)cc12. The van der Waals surface area contributed by atoms with E-state index in [9.17, 15) is 13.2 Å². The van der Waals surface area contributed by atoms with Crippen molar-refractivity contribution >= 4 is 48.5 Å². The van der Waals surface area contributed by atoms with Crippen LogP contribution in [0.5, 0.6) is 0 Å². The van der Waals surface area contributed by atoms with Crippen LogP contribution >= 0.6 is 15.9 Å². The van der Waals surface area contributed by atoms with Gasteiger partial charge in [0.25, 0.3) is 5.91 Å². The molecule has 3 aromatic rings. The van der Waals surface area contributed by atoms with E-state index in [-0.39, 0.29) is 5.91 Å². The normalized spacial score (nSPS) is 11.6. The van der Waals surface area contributed by atoms with Crippen molar-refractivity contribution in [2.24, 2.45) is 0 Å². The molecule has 148 valence electrons. The third-order valence-electron chi connectivity index (χ3n) is 4.52. The van der Waals surface area contributed by atoms with Crippen LogP contribution in [-0.2, 0) is 10.0 Å². The van der Waals surface area contributed by atoms with E-state index in [1.807, 2.05) is 26.0 Å². The number of carbonyl (C=O) groups is 1. The maximum absolute atomic E-state index is 12.6. The number of aryl methyl sites for hydroxylation is 2. The number of anilines is 1. The van der Waals surface area contributed by atoms with Gasteiger partial charge in [-0.2, -0.15) is 0 Å². The average molecular weight is 466 g/mol. The minimum atomic E-state index is -3.46. The first-order valence-electron chi connectivity index (χ1n) is 8.41. The number of amides is 1. The van der Waals surface area contributed by atoms with E-state index in [0.717, 1.165) is 21.9 Å². The summed E-state index contributed by atoms with van der Waals surface area (Å²) < 4.78 is 31.6. The zero-order valence-corrected chi connectivity index (χ0v) is 18.5. The van der Waals surface area contributed by atoms with Crippen molar-refractivity contribution in [1.82, 2.24) is 10.3 Å². The predicted octanol–water partition coefficient (Wildman–Crippen LogP) is 3.63. The molecule has 0 radical (unpaired) electrons. The number of sulfonamides is 1. The Kier molecular flexibility index (Phi) is 5.24. The molecule has 0 saturated heterocycles. The third-order valence-corrected chi connectivity index (χ3v) is 6.34. The Morgan fingerprint density at radius 3 is 2.50 bits per heavy atom. The van der Waals surface area contributed by atoms with Crippen molar-refractivity contribution < 1.29 is 17.6 Å². The van der Waals surface area contributed by atoms with Gasteiger partial charge in [-0.25, -0.2) is 8.42 Å². The topological polar surface area (TPSA) is 92.5 Å². The van der Waals surface area contributed by atoms with Crippen LogP contribution in [0, 0.1) is 13.8 Å². The van der Waals surface area contributed by atoms with Gasteiger partial charge in [0.1, 0.15) is 11.3 Å². The van der Waals surface area contributed by atoms with Gasteiger partial charge < -0.3 is 9.73 Å². The lowest BCUT2D eigenvalue weighted by Gasteiger charge is -2.18. The number of fused-ring (bicyclic) bond motifs is 1. The number of pyridine rings is 1. The summed E-state index contributed by atoms with van der Waals surface area (Å²) in [5.41, 5.74) is 3.49. The molecule has 0 atom stereocenters. The fourth-order valence-corrected chi connectivity index (χ4v) is 4.23. The molecule has 0 fully saturated rings. The van der Waals surface area contributed by atoms with Gasteiger partial charge in [0.2, 0.25) is 10.0 Å². The Morgan fingerprint density at radius 1 is 1.25 bits per heavy atom. The highest BCUT2D eigenvalue weighted by molar-refractivity contribution is 9.10. The van der Waals surface area contributed by atoms with Gasteiger partial charge in [0.05, 0.1) is 17.5 Å². The lowest BCUT2D eigenvalue weighted by Crippen LogP contribution is -2.25. The highest BCUT2D eigenvalue weighted by Gasteiger charge is 2.25. The van der Waals surface area contributed by atoms with E-state index >= 15 is 0 Å². The molecule has 0 bridgehead atoms. The molecule has 1 N–H and O–H groups in total. The molecular weight excluding hydrogens is 446 g/mol. The van der Waals surface area contributed by atoms with Crippen LogP contribution in [0.3, 0.4) is 0 Å². The van der Waals surface area contributed by atoms with Crippen LogP contribution in [0.15, 0.2) is 33.2 Å². The molecular formula is C19H20BrN3O4S. The molecule has 2 aromatic heterocycles. The summed E-state index contributed by atoms with van der Waals surface area (Å²) in [4.78, 5) is 17.1. The third kappa shape index (κ3) is 3.51. The highest BCUT2D eigenvalue weighted by atomic mass is 79.9. The molecule has 0 aliphatic rings. The summed E-state index contributed by atoms with van der Waals surface area (Å²) in [5, 5.41) is 3.22. The second-order valence-electron chi connectivity index (χ2n) is 6.50. The summed E-state index contributed by atoms with van der Waals surface area (Å²) in [7, 11) is -0.458. The monoisotopic (exact) mass is 465 g/mol. The number of aromatic nitrogens is 1. The quantitative estimate of drug-likeness (QED) is 0.634. The first-order chi connectivity index (χ1) is 13.0. The molecule has 0 spiro atoms. The number of nitrogens with zero attached hydrogens (tertiary/aromatic N) is 2. The Labute approximate surface area is 171 Å². The van der Waals surface area contributed by atoms with Gasteiger partial charge in [-0.3, -0.25) is 14.1 Å². The Bertz CT molecular complexity index is 1200. The highest BCUT2D eigenvalue weighted by Crippen LogP contribution is 2.40. The minimum Gasteiger partial charge on any atom is -0.455 e. The molecule has 0 aliphatic carbocycles. The molecule has 7 nitrogen and oxygen atoms in total. The molecule has 2 heterocycles. The molecule has 0 saturated carbocycles. The summed E-state index contributed by atoms with van der Waals surface area (Å²) in [6.45, 7) is 3.74. The van der Waals surface area contributed by atoms with Crippen molar-refractivity contribution in [3.05, 3.63) is 45.7 Å². The van der Waals surface area contributed by atoms with Crippen molar-refractivity contribution in [1.29, 1.82) is 0 Å². The van der Waals surface area contributed by atoms with Crippen molar-refractivity contribution in [3.8, 4) is 11.3 Å². The van der Waals surface area contributed by atoms with Crippen LogP contribution < -0.4 is 9.62 Å². The second-order valence-corrected chi connectivity index (χ2v) is 9.37. The second kappa shape index (κ2) is 7.21. The maximum Gasteiger partial charge on any atom is 0.255 e. The van der Waals surface area contributed by atoms with Crippen molar-refractivity contribution in [2.45, 2.75) is 13.8 Å². The lowest BCUT2D eigenvalue weighted by atomic mass is 10.0. The molecule has 0 aliphatic heterocycles. The van der Waals surface area contributed by atoms with E-state index in [1.165, 1.54) is 7.05 Å². The number of benzene rings is 1. The Hall–Kier alpha value is -2.39. The van der Waals surface area contributed by atoms with Crippen LogP contribution in [-0.4, -0.2) is 39.7 Å². The summed E-state index contributed by atoms with van der Waals surface area (Å²) >= 11 is 3.41. The van der Waals surface area contributed by atoms with E-state index in [4.69, 9.17) is 4.42 Å². The molecule has 9 heteroatoms. The van der Waals surface area contributed by atoms with Gasteiger partial charge in [-0.15, -0.1) is 0 Å². The summed E-state index contributed by atoms with van der Waals surface area (Å²) in [6, 6.07) is 7.01. The van der Waals surface area contributed by atoms with E-state index in [0.29, 0.717) is 38.0 Å². The van der Waals surface area contributed by atoms with Crippen molar-refractivity contribution in [3.63, 3.8) is 0 Å². The van der Waals surface area contributed by atoms with Gasteiger partial charge >= 0.3 is 0 Å². The maximum atomic E-state index is 12.6. The van der Waals surface area contributed by atoms with Crippen LogP contribution in [0.4, 0.5) is 5.69 Å². The zero-order valence-electron chi connectivity index (χ0n) is 16.1. The van der Waals surface area contributed by atoms with Gasteiger partial charge in [0.15, 0.2) is 0 Å². The minimum absolute atomic E-state index is 0.301. The summed E-state index contributed by atoms with van der Waals surface area (Å²) in [6.07, 6.45) is 1.12. The first kappa shape index (κ1) is 20.3. The molecule has 1 aromatic carbocycles. The molecule has 3 rings (SSSR count). The number of halogens is 1. The average Bonchev–Trinajstić information content (AvgIpc) is 2.96. The molecule has 1 amide bonds.